The molecule has 1 N–H and O–H groups in total. The van der Waals surface area contributed by atoms with Crippen molar-refractivity contribution in [3.63, 3.8) is 0 Å². The molecule has 0 aromatic heterocycles. The van der Waals surface area contributed by atoms with E-state index in [1.165, 1.54) is 16.7 Å². The van der Waals surface area contributed by atoms with E-state index in [0.717, 1.165) is 11.4 Å². The lowest BCUT2D eigenvalue weighted by Crippen LogP contribution is -2.44. The van der Waals surface area contributed by atoms with Gasteiger partial charge in [0.15, 0.2) is 0 Å². The Kier molecular flexibility index (Phi) is 7.67. The minimum atomic E-state index is -0.205. The molecule has 1 aromatic rings. The molecule has 1 heterocycles. The molecular weight excluding hydrogens is 364 g/mol. The highest BCUT2D eigenvalue weighted by atomic mass is 32.2. The quantitative estimate of drug-likeness (QED) is 0.722. The summed E-state index contributed by atoms with van der Waals surface area (Å²) in [5, 5.41) is 2.83. The second kappa shape index (κ2) is 9.75. The number of thioether (sulfide) groups is 1. The van der Waals surface area contributed by atoms with Gasteiger partial charge in [0.1, 0.15) is 6.54 Å². The zero-order valence-electron chi connectivity index (χ0n) is 16.4. The summed E-state index contributed by atoms with van der Waals surface area (Å²) in [4.78, 5) is 43.4. The summed E-state index contributed by atoms with van der Waals surface area (Å²) >= 11 is 1.44. The Balaban J connectivity index is 2.19. The smallest absolute Gasteiger partial charge is 0.253 e. The molecule has 3 amide bonds. The number of hydrogen-bond acceptors (Lipinski definition) is 5. The van der Waals surface area contributed by atoms with Crippen LogP contribution in [0.4, 0.5) is 5.69 Å². The molecule has 1 aromatic carbocycles. The molecular formula is C19H28N4O3S. The number of amides is 3. The molecule has 148 valence electrons. The van der Waals surface area contributed by atoms with E-state index in [4.69, 9.17) is 0 Å². The monoisotopic (exact) mass is 392 g/mol. The van der Waals surface area contributed by atoms with Gasteiger partial charge >= 0.3 is 0 Å². The van der Waals surface area contributed by atoms with E-state index in [1.807, 2.05) is 38.9 Å². The Bertz CT molecular complexity index is 704. The maximum atomic E-state index is 12.6. The van der Waals surface area contributed by atoms with E-state index in [9.17, 15) is 14.4 Å². The molecule has 0 fully saturated rings. The van der Waals surface area contributed by atoms with Crippen molar-refractivity contribution in [2.24, 2.45) is 0 Å². The molecule has 8 heteroatoms. The van der Waals surface area contributed by atoms with Crippen LogP contribution in [0.2, 0.25) is 0 Å². The van der Waals surface area contributed by atoms with E-state index in [1.54, 1.807) is 17.0 Å². The van der Waals surface area contributed by atoms with Gasteiger partial charge in [-0.05, 0) is 46.1 Å². The molecule has 1 aliphatic rings. The Morgan fingerprint density at radius 2 is 1.93 bits per heavy atom. The summed E-state index contributed by atoms with van der Waals surface area (Å²) in [6.07, 6.45) is 0. The second-order valence-electron chi connectivity index (χ2n) is 6.58. The van der Waals surface area contributed by atoms with Crippen molar-refractivity contribution in [2.45, 2.75) is 18.7 Å². The lowest BCUT2D eigenvalue weighted by molar-refractivity contribution is -0.123. The van der Waals surface area contributed by atoms with Crippen LogP contribution < -0.4 is 10.2 Å². The van der Waals surface area contributed by atoms with Gasteiger partial charge in [-0.15, -0.1) is 11.8 Å². The van der Waals surface area contributed by atoms with Crippen LogP contribution in [-0.2, 0) is 9.59 Å². The number of anilines is 1. The molecule has 2 rings (SSSR count). The van der Waals surface area contributed by atoms with Gasteiger partial charge in [-0.1, -0.05) is 0 Å². The van der Waals surface area contributed by atoms with Crippen LogP contribution in [-0.4, -0.2) is 80.1 Å². The molecule has 7 nitrogen and oxygen atoms in total. The Hall–Kier alpha value is -2.06. The van der Waals surface area contributed by atoms with Crippen molar-refractivity contribution in [1.29, 1.82) is 0 Å². The van der Waals surface area contributed by atoms with Crippen LogP contribution in [0.5, 0.6) is 0 Å². The number of benzene rings is 1. The normalized spacial score (nSPS) is 13.5. The number of likely N-dealkylation sites (N-methyl/N-ethyl adjacent to an activating group) is 1. The van der Waals surface area contributed by atoms with Crippen LogP contribution in [0.1, 0.15) is 24.2 Å². The van der Waals surface area contributed by atoms with Crippen molar-refractivity contribution < 1.29 is 14.4 Å². The lowest BCUT2D eigenvalue weighted by Gasteiger charge is -2.29. The molecule has 27 heavy (non-hydrogen) atoms. The third-order valence-electron chi connectivity index (χ3n) is 4.38. The standard InChI is InChI=1S/C19H28N4O3S/c1-5-22(6-2)19(26)14-7-8-16-15(11-14)23(18(25)13-27-16)12-17(24)20-9-10-21(3)4/h7-8,11H,5-6,9-10,12-13H2,1-4H3,(H,20,24). The van der Waals surface area contributed by atoms with Gasteiger partial charge in [0.2, 0.25) is 11.8 Å². The summed E-state index contributed by atoms with van der Waals surface area (Å²) in [7, 11) is 3.87. The third-order valence-corrected chi connectivity index (χ3v) is 5.43. The van der Waals surface area contributed by atoms with Gasteiger partial charge in [-0.25, -0.2) is 0 Å². The zero-order chi connectivity index (χ0) is 20.0. The van der Waals surface area contributed by atoms with E-state index in [0.29, 0.717) is 36.6 Å². The Morgan fingerprint density at radius 3 is 2.56 bits per heavy atom. The van der Waals surface area contributed by atoms with Crippen LogP contribution in [0, 0.1) is 0 Å². The van der Waals surface area contributed by atoms with Gasteiger partial charge in [-0.3, -0.25) is 14.4 Å². The number of hydrogen-bond donors (Lipinski definition) is 1. The maximum Gasteiger partial charge on any atom is 0.253 e. The van der Waals surface area contributed by atoms with Gasteiger partial charge in [0.25, 0.3) is 5.91 Å². The average molecular weight is 393 g/mol. The minimum absolute atomic E-state index is 0.0390. The zero-order valence-corrected chi connectivity index (χ0v) is 17.3. The number of rotatable bonds is 8. The molecule has 0 unspecified atom stereocenters. The number of fused-ring (bicyclic) bond motifs is 1. The fourth-order valence-corrected chi connectivity index (χ4v) is 3.74. The Morgan fingerprint density at radius 1 is 1.22 bits per heavy atom. The van der Waals surface area contributed by atoms with Crippen molar-refractivity contribution in [3.8, 4) is 0 Å². The molecule has 0 atom stereocenters. The predicted molar refractivity (Wildman–Crippen MR) is 108 cm³/mol. The fourth-order valence-electron chi connectivity index (χ4n) is 2.82. The number of carbonyl (C=O) groups excluding carboxylic acids is 3. The van der Waals surface area contributed by atoms with Crippen molar-refractivity contribution in [1.82, 2.24) is 15.1 Å². The van der Waals surface area contributed by atoms with Crippen molar-refractivity contribution in [2.75, 3.05) is 57.5 Å². The van der Waals surface area contributed by atoms with Crippen LogP contribution in [0.3, 0.4) is 0 Å². The van der Waals surface area contributed by atoms with Gasteiger partial charge in [0.05, 0.1) is 11.4 Å². The summed E-state index contributed by atoms with van der Waals surface area (Å²) in [6.45, 7) is 6.33. The van der Waals surface area contributed by atoms with Crippen LogP contribution in [0.25, 0.3) is 0 Å². The van der Waals surface area contributed by atoms with Gasteiger partial charge in [0, 0.05) is 36.6 Å². The first-order chi connectivity index (χ1) is 12.9. The van der Waals surface area contributed by atoms with Crippen LogP contribution in [0.15, 0.2) is 23.1 Å². The van der Waals surface area contributed by atoms with E-state index in [-0.39, 0.29) is 24.3 Å². The predicted octanol–water partition coefficient (Wildman–Crippen LogP) is 1.29. The van der Waals surface area contributed by atoms with Crippen LogP contribution >= 0.6 is 11.8 Å². The summed E-state index contributed by atoms with van der Waals surface area (Å²) in [5.74, 6) is -0.103. The van der Waals surface area contributed by atoms with E-state index in [2.05, 4.69) is 5.32 Å². The van der Waals surface area contributed by atoms with Gasteiger partial charge in [-0.2, -0.15) is 0 Å². The first-order valence-corrected chi connectivity index (χ1v) is 10.1. The SMILES string of the molecule is CCN(CC)C(=O)c1ccc2c(c1)N(CC(=O)NCCN(C)C)C(=O)CS2. The number of carbonyl (C=O) groups is 3. The maximum absolute atomic E-state index is 12.6. The minimum Gasteiger partial charge on any atom is -0.353 e. The second-order valence-corrected chi connectivity index (χ2v) is 7.60. The summed E-state index contributed by atoms with van der Waals surface area (Å²) in [6, 6.07) is 5.38. The molecule has 1 aliphatic heterocycles. The first-order valence-electron chi connectivity index (χ1n) is 9.15. The summed E-state index contributed by atoms with van der Waals surface area (Å²) < 4.78 is 0. The number of nitrogens with one attached hydrogen (secondary N) is 1. The van der Waals surface area contributed by atoms with Crippen molar-refractivity contribution >= 4 is 35.2 Å². The molecule has 0 radical (unpaired) electrons. The molecule has 0 saturated heterocycles. The molecule has 0 aliphatic carbocycles. The average Bonchev–Trinajstić information content (AvgIpc) is 2.64. The highest BCUT2D eigenvalue weighted by molar-refractivity contribution is 8.00. The largest absolute Gasteiger partial charge is 0.353 e. The third kappa shape index (κ3) is 5.46. The fraction of sp³-hybridized carbons (Fsp3) is 0.526. The van der Waals surface area contributed by atoms with Gasteiger partial charge < -0.3 is 20.0 Å². The van der Waals surface area contributed by atoms with E-state index >= 15 is 0 Å². The van der Waals surface area contributed by atoms with E-state index < -0.39 is 0 Å². The Labute approximate surface area is 165 Å². The number of nitrogens with zero attached hydrogens (tertiary/aromatic N) is 3. The first kappa shape index (κ1) is 21.2. The summed E-state index contributed by atoms with van der Waals surface area (Å²) in [5.41, 5.74) is 1.17. The molecule has 0 bridgehead atoms. The topological polar surface area (TPSA) is 73.0 Å². The molecule has 0 spiro atoms. The highest BCUT2D eigenvalue weighted by Crippen LogP contribution is 2.36. The van der Waals surface area contributed by atoms with Crippen molar-refractivity contribution in [3.05, 3.63) is 23.8 Å². The lowest BCUT2D eigenvalue weighted by atomic mass is 10.1. The highest BCUT2D eigenvalue weighted by Gasteiger charge is 2.28. The molecule has 0 saturated carbocycles.